The lowest BCUT2D eigenvalue weighted by Crippen LogP contribution is -2.24. The Morgan fingerprint density at radius 1 is 1.24 bits per heavy atom. The Bertz CT molecular complexity index is 702. The third-order valence-corrected chi connectivity index (χ3v) is 4.04. The van der Waals surface area contributed by atoms with Crippen molar-refractivity contribution in [2.24, 2.45) is 0 Å². The first-order valence-corrected chi connectivity index (χ1v) is 7.79. The lowest BCUT2D eigenvalue weighted by molar-refractivity contribution is 0.336. The van der Waals surface area contributed by atoms with Crippen molar-refractivity contribution >= 4 is 16.0 Å². The molecule has 0 atom stereocenters. The molecular formula is C13H16N4O3S. The average Bonchev–Trinajstić information content (AvgIpc) is 2.47. The van der Waals surface area contributed by atoms with Crippen molar-refractivity contribution in [3.8, 4) is 5.75 Å². The molecule has 21 heavy (non-hydrogen) atoms. The number of hydrogen-bond acceptors (Lipinski definition) is 6. The van der Waals surface area contributed by atoms with E-state index in [9.17, 15) is 8.42 Å². The van der Waals surface area contributed by atoms with Crippen LogP contribution in [0.1, 0.15) is 12.5 Å². The van der Waals surface area contributed by atoms with Gasteiger partial charge >= 0.3 is 0 Å². The first-order valence-electron chi connectivity index (χ1n) is 6.31. The van der Waals surface area contributed by atoms with E-state index in [-0.39, 0.29) is 17.4 Å². The molecule has 1 aromatic carbocycles. The van der Waals surface area contributed by atoms with Gasteiger partial charge in [0.1, 0.15) is 10.6 Å². The molecule has 112 valence electrons. The number of ether oxygens (including phenoxy) is 1. The average molecular weight is 308 g/mol. The summed E-state index contributed by atoms with van der Waals surface area (Å²) in [6.45, 7) is 2.49. The van der Waals surface area contributed by atoms with Crippen LogP contribution >= 0.6 is 0 Å². The largest absolute Gasteiger partial charge is 0.494 e. The van der Waals surface area contributed by atoms with Gasteiger partial charge in [0.25, 0.3) is 0 Å². The SMILES string of the molecule is CCOc1ccccc1CNS(=O)(=O)c1cnc(N)nc1. The third-order valence-electron chi connectivity index (χ3n) is 2.68. The highest BCUT2D eigenvalue weighted by molar-refractivity contribution is 7.89. The number of nitrogens with two attached hydrogens (primary N) is 1. The topological polar surface area (TPSA) is 107 Å². The molecule has 0 unspecified atom stereocenters. The monoisotopic (exact) mass is 308 g/mol. The fourth-order valence-electron chi connectivity index (χ4n) is 1.67. The Balaban J connectivity index is 2.13. The van der Waals surface area contributed by atoms with Crippen LogP contribution in [0, 0.1) is 0 Å². The van der Waals surface area contributed by atoms with Gasteiger partial charge in [-0.25, -0.2) is 23.1 Å². The van der Waals surface area contributed by atoms with Gasteiger partial charge in [-0.15, -0.1) is 0 Å². The molecule has 2 rings (SSSR count). The second kappa shape index (κ2) is 6.51. The van der Waals surface area contributed by atoms with E-state index in [0.29, 0.717) is 12.4 Å². The van der Waals surface area contributed by atoms with Crippen molar-refractivity contribution in [1.82, 2.24) is 14.7 Å². The Morgan fingerprint density at radius 2 is 1.90 bits per heavy atom. The molecule has 2 aromatic rings. The van der Waals surface area contributed by atoms with Crippen LogP contribution in [-0.4, -0.2) is 25.0 Å². The molecule has 0 radical (unpaired) electrons. The van der Waals surface area contributed by atoms with E-state index < -0.39 is 10.0 Å². The molecule has 0 aliphatic rings. The molecule has 7 nitrogen and oxygen atoms in total. The van der Waals surface area contributed by atoms with Crippen molar-refractivity contribution in [3.63, 3.8) is 0 Å². The second-order valence-corrected chi connectivity index (χ2v) is 5.91. The summed E-state index contributed by atoms with van der Waals surface area (Å²) in [6.07, 6.45) is 2.33. The molecule has 1 heterocycles. The minimum Gasteiger partial charge on any atom is -0.494 e. The maximum Gasteiger partial charge on any atom is 0.243 e. The van der Waals surface area contributed by atoms with E-state index in [1.165, 1.54) is 12.4 Å². The van der Waals surface area contributed by atoms with Gasteiger partial charge in [-0.1, -0.05) is 18.2 Å². The summed E-state index contributed by atoms with van der Waals surface area (Å²) < 4.78 is 32.2. The fraction of sp³-hybridized carbons (Fsp3) is 0.231. The van der Waals surface area contributed by atoms with Gasteiger partial charge in [-0.3, -0.25) is 0 Å². The molecule has 8 heteroatoms. The number of nitrogens with zero attached hydrogens (tertiary/aromatic N) is 2. The summed E-state index contributed by atoms with van der Waals surface area (Å²) in [4.78, 5) is 7.30. The molecule has 0 spiro atoms. The quantitative estimate of drug-likeness (QED) is 0.822. The summed E-state index contributed by atoms with van der Waals surface area (Å²) in [5.41, 5.74) is 6.08. The summed E-state index contributed by atoms with van der Waals surface area (Å²) in [6, 6.07) is 7.24. The van der Waals surface area contributed by atoms with Crippen molar-refractivity contribution in [2.45, 2.75) is 18.4 Å². The normalized spacial score (nSPS) is 11.3. The van der Waals surface area contributed by atoms with Crippen molar-refractivity contribution in [1.29, 1.82) is 0 Å². The van der Waals surface area contributed by atoms with Crippen LogP contribution in [0.4, 0.5) is 5.95 Å². The molecule has 0 aliphatic heterocycles. The van der Waals surface area contributed by atoms with Crippen LogP contribution in [0.15, 0.2) is 41.6 Å². The number of anilines is 1. The van der Waals surface area contributed by atoms with Crippen molar-refractivity contribution in [2.75, 3.05) is 12.3 Å². The third kappa shape index (κ3) is 3.89. The lowest BCUT2D eigenvalue weighted by atomic mass is 10.2. The Hall–Kier alpha value is -2.19. The minimum atomic E-state index is -3.69. The standard InChI is InChI=1S/C13H16N4O3S/c1-2-20-12-6-4-3-5-10(12)7-17-21(18,19)11-8-15-13(14)16-9-11/h3-6,8-9,17H,2,7H2,1H3,(H2,14,15,16). The Labute approximate surface area is 123 Å². The molecule has 0 saturated carbocycles. The van der Waals surface area contributed by atoms with Gasteiger partial charge in [0, 0.05) is 12.1 Å². The van der Waals surface area contributed by atoms with Crippen LogP contribution < -0.4 is 15.2 Å². The molecule has 0 amide bonds. The summed E-state index contributed by atoms with van der Waals surface area (Å²) in [5.74, 6) is 0.673. The van der Waals surface area contributed by atoms with Gasteiger partial charge in [0.2, 0.25) is 16.0 Å². The number of nitrogen functional groups attached to an aromatic ring is 1. The highest BCUT2D eigenvalue weighted by atomic mass is 32.2. The maximum absolute atomic E-state index is 12.1. The zero-order chi connectivity index (χ0) is 15.3. The van der Waals surface area contributed by atoms with Gasteiger partial charge in [0.15, 0.2) is 0 Å². The Morgan fingerprint density at radius 3 is 2.57 bits per heavy atom. The second-order valence-electron chi connectivity index (χ2n) is 4.14. The van der Waals surface area contributed by atoms with E-state index in [2.05, 4.69) is 14.7 Å². The molecule has 0 bridgehead atoms. The summed E-state index contributed by atoms with van der Waals surface area (Å²) in [7, 11) is -3.69. The number of rotatable bonds is 6. The molecule has 0 fully saturated rings. The summed E-state index contributed by atoms with van der Waals surface area (Å²) in [5, 5.41) is 0. The van der Waals surface area contributed by atoms with E-state index in [0.717, 1.165) is 5.56 Å². The highest BCUT2D eigenvalue weighted by Crippen LogP contribution is 2.18. The first-order chi connectivity index (χ1) is 10.0. The van der Waals surface area contributed by atoms with Crippen LogP contribution in [-0.2, 0) is 16.6 Å². The Kier molecular flexibility index (Phi) is 4.71. The maximum atomic E-state index is 12.1. The lowest BCUT2D eigenvalue weighted by Gasteiger charge is -2.11. The number of nitrogens with one attached hydrogen (secondary N) is 1. The number of aromatic nitrogens is 2. The van der Waals surface area contributed by atoms with Crippen molar-refractivity contribution in [3.05, 3.63) is 42.2 Å². The van der Waals surface area contributed by atoms with E-state index in [1.54, 1.807) is 12.1 Å². The zero-order valence-corrected chi connectivity index (χ0v) is 12.3. The predicted octanol–water partition coefficient (Wildman–Crippen LogP) is 0.936. The van der Waals surface area contributed by atoms with Crippen LogP contribution in [0.25, 0.3) is 0 Å². The number of sulfonamides is 1. The number of para-hydroxylation sites is 1. The first kappa shape index (κ1) is 15.2. The molecule has 0 aliphatic carbocycles. The minimum absolute atomic E-state index is 0.0237. The summed E-state index contributed by atoms with van der Waals surface area (Å²) >= 11 is 0. The fourth-order valence-corrected chi connectivity index (χ4v) is 2.56. The smallest absolute Gasteiger partial charge is 0.243 e. The molecule has 3 N–H and O–H groups in total. The predicted molar refractivity (Wildman–Crippen MR) is 78.1 cm³/mol. The molecular weight excluding hydrogens is 292 g/mol. The van der Waals surface area contributed by atoms with Gasteiger partial charge in [-0.05, 0) is 13.0 Å². The van der Waals surface area contributed by atoms with E-state index in [1.807, 2.05) is 19.1 Å². The van der Waals surface area contributed by atoms with E-state index >= 15 is 0 Å². The molecule has 0 saturated heterocycles. The van der Waals surface area contributed by atoms with E-state index in [4.69, 9.17) is 10.5 Å². The van der Waals surface area contributed by atoms with Crippen molar-refractivity contribution < 1.29 is 13.2 Å². The number of benzene rings is 1. The molecule has 1 aromatic heterocycles. The van der Waals surface area contributed by atoms with Gasteiger partial charge in [-0.2, -0.15) is 0 Å². The highest BCUT2D eigenvalue weighted by Gasteiger charge is 2.15. The van der Waals surface area contributed by atoms with Gasteiger partial charge in [0.05, 0.1) is 19.0 Å². The van der Waals surface area contributed by atoms with Crippen LogP contribution in [0.2, 0.25) is 0 Å². The van der Waals surface area contributed by atoms with Gasteiger partial charge < -0.3 is 10.5 Å². The van der Waals surface area contributed by atoms with Crippen LogP contribution in [0.3, 0.4) is 0 Å². The zero-order valence-electron chi connectivity index (χ0n) is 11.5. The van der Waals surface area contributed by atoms with Crippen LogP contribution in [0.5, 0.6) is 5.75 Å². The number of hydrogen-bond donors (Lipinski definition) is 2.